The van der Waals surface area contributed by atoms with Crippen LogP contribution in [-0.2, 0) is 24.0 Å². The van der Waals surface area contributed by atoms with Crippen molar-refractivity contribution >= 4 is 95.2 Å². The Morgan fingerprint density at radius 3 is 1.26 bits per heavy atom. The topological polar surface area (TPSA) is 206 Å². The molecule has 5 N–H and O–H groups in total. The minimum Gasteiger partial charge on any atom is -0.361 e. The molecule has 15 rings (SSSR count). The average Bonchev–Trinajstić information content (AvgIpc) is 1.70. The highest BCUT2D eigenvalue weighted by Crippen LogP contribution is 2.38. The molecule has 3 fully saturated rings. The van der Waals surface area contributed by atoms with Crippen LogP contribution in [0.5, 0.6) is 0 Å². The van der Waals surface area contributed by atoms with E-state index in [0.29, 0.717) is 72.8 Å². The lowest BCUT2D eigenvalue weighted by atomic mass is 9.89. The van der Waals surface area contributed by atoms with Crippen LogP contribution in [0.1, 0.15) is 132 Å². The Bertz CT molecular complexity index is 4500. The second-order valence-electron chi connectivity index (χ2n) is 25.0. The fourth-order valence-corrected chi connectivity index (χ4v) is 13.9. The van der Waals surface area contributed by atoms with Crippen LogP contribution >= 0.6 is 0 Å². The maximum Gasteiger partial charge on any atom is 0.219 e. The lowest BCUT2D eigenvalue weighted by Gasteiger charge is -2.31. The lowest BCUT2D eigenvalue weighted by molar-refractivity contribution is -0.130. The van der Waals surface area contributed by atoms with Crippen LogP contribution in [-0.4, -0.2) is 154 Å². The number of aromatic nitrogens is 7. The number of H-pyrrole nitrogens is 5. The Hall–Kier alpha value is -9.86. The first-order valence-electron chi connectivity index (χ1n) is 32.5. The SMILES string of the molecule is CC(=O)N1CC=C(c2c[nH]c3cc(F)cc(F)c23)CC1.CC(=O)N1CC=C(c2c[nH]c3cnccc23)CC1.CC(=O)N1CCC(c2c[nH]c3cc(F)cc(F)c23)CC1.CC(=O)N1CCC(c2c[nH]c3cc(F)ccc23)CC1.CC(=O)N1CCC(c2c[nH]c3cnccc23)CC1. The summed E-state index contributed by atoms with van der Waals surface area (Å²) >= 11 is 0. The summed E-state index contributed by atoms with van der Waals surface area (Å²) < 4.78 is 67.4. The van der Waals surface area contributed by atoms with Crippen molar-refractivity contribution in [3.05, 3.63) is 179 Å². The Morgan fingerprint density at radius 1 is 0.389 bits per heavy atom. The summed E-state index contributed by atoms with van der Waals surface area (Å²) in [7, 11) is 0. The zero-order valence-electron chi connectivity index (χ0n) is 54.1. The summed E-state index contributed by atoms with van der Waals surface area (Å²) in [5, 5.41) is 4.46. The van der Waals surface area contributed by atoms with Crippen LogP contribution in [0.3, 0.4) is 0 Å². The van der Waals surface area contributed by atoms with E-state index in [1.54, 1.807) is 49.9 Å². The maximum atomic E-state index is 14.0. The molecule has 12 heterocycles. The molecule has 0 bridgehead atoms. The number of pyridine rings is 2. The van der Waals surface area contributed by atoms with Crippen molar-refractivity contribution in [1.82, 2.24) is 59.4 Å². The van der Waals surface area contributed by atoms with Crippen LogP contribution in [0.15, 0.2) is 123 Å². The summed E-state index contributed by atoms with van der Waals surface area (Å²) in [5.41, 5.74) is 11.7. The van der Waals surface area contributed by atoms with E-state index >= 15 is 0 Å². The van der Waals surface area contributed by atoms with E-state index in [0.717, 1.165) is 128 Å². The zero-order valence-corrected chi connectivity index (χ0v) is 54.1. The number of fused-ring (bicyclic) bond motifs is 5. The highest BCUT2D eigenvalue weighted by molar-refractivity contribution is 5.95. The van der Waals surface area contributed by atoms with Crippen LogP contribution in [0, 0.1) is 29.1 Å². The quantitative estimate of drug-likeness (QED) is 0.105. The molecule has 17 nitrogen and oxygen atoms in total. The summed E-state index contributed by atoms with van der Waals surface area (Å²) in [5.74, 6) is -0.652. The monoisotopic (exact) mass is 1300 g/mol. The van der Waals surface area contributed by atoms with Gasteiger partial charge in [-0.15, -0.1) is 0 Å². The van der Waals surface area contributed by atoms with Gasteiger partial charge in [0.05, 0.1) is 34.5 Å². The fraction of sp³-hybridized carbons (Fsp3) is 0.356. The Balaban J connectivity index is 0.000000121. The first-order chi connectivity index (χ1) is 45.8. The number of nitrogens with zero attached hydrogens (tertiary/aromatic N) is 7. The molecule has 95 heavy (non-hydrogen) atoms. The first-order valence-corrected chi connectivity index (χ1v) is 32.5. The molecule has 10 aromatic rings. The van der Waals surface area contributed by atoms with E-state index in [9.17, 15) is 45.9 Å². The number of rotatable bonds is 5. The van der Waals surface area contributed by atoms with Gasteiger partial charge < -0.3 is 49.4 Å². The van der Waals surface area contributed by atoms with Gasteiger partial charge in [0.2, 0.25) is 29.5 Å². The van der Waals surface area contributed by atoms with Crippen molar-refractivity contribution in [2.75, 3.05) is 65.4 Å². The molecule has 0 aliphatic carbocycles. The van der Waals surface area contributed by atoms with Gasteiger partial charge in [0.1, 0.15) is 29.1 Å². The third-order valence-corrected chi connectivity index (χ3v) is 19.2. The number of amides is 5. The molecule has 0 spiro atoms. The Kier molecular flexibility index (Phi) is 20.8. The lowest BCUT2D eigenvalue weighted by Crippen LogP contribution is -2.36. The van der Waals surface area contributed by atoms with Gasteiger partial charge in [-0.1, -0.05) is 12.2 Å². The van der Waals surface area contributed by atoms with Crippen molar-refractivity contribution in [2.24, 2.45) is 0 Å². The van der Waals surface area contributed by atoms with E-state index in [4.69, 9.17) is 0 Å². The van der Waals surface area contributed by atoms with Gasteiger partial charge in [-0.2, -0.15) is 0 Å². The van der Waals surface area contributed by atoms with Gasteiger partial charge in [0.25, 0.3) is 0 Å². The van der Waals surface area contributed by atoms with Gasteiger partial charge in [-0.3, -0.25) is 33.9 Å². The molecule has 3 aromatic carbocycles. The number of nitrogens with one attached hydrogen (secondary N) is 5. The number of piperidine rings is 3. The highest BCUT2D eigenvalue weighted by atomic mass is 19.1. The number of aromatic amines is 5. The smallest absolute Gasteiger partial charge is 0.219 e. The van der Waals surface area contributed by atoms with Gasteiger partial charge in [-0.25, -0.2) is 22.0 Å². The first kappa shape index (κ1) is 66.6. The number of carbonyl (C=O) groups excluding carboxylic acids is 5. The van der Waals surface area contributed by atoms with Crippen molar-refractivity contribution < 1.29 is 45.9 Å². The molecule has 3 saturated heterocycles. The zero-order chi connectivity index (χ0) is 67.0. The third kappa shape index (κ3) is 15.4. The van der Waals surface area contributed by atoms with Gasteiger partial charge in [0.15, 0.2) is 0 Å². The highest BCUT2D eigenvalue weighted by Gasteiger charge is 2.28. The summed E-state index contributed by atoms with van der Waals surface area (Å²) in [6, 6.07) is 13.4. The molecule has 5 aliphatic rings. The van der Waals surface area contributed by atoms with Gasteiger partial charge >= 0.3 is 0 Å². The predicted molar refractivity (Wildman–Crippen MR) is 359 cm³/mol. The van der Waals surface area contributed by atoms with Crippen molar-refractivity contribution in [2.45, 2.75) is 104 Å². The molecular weight excluding hydrogens is 1220 g/mol. The number of likely N-dealkylation sites (tertiary alicyclic amines) is 3. The maximum absolute atomic E-state index is 14.0. The Labute approximate surface area is 546 Å². The van der Waals surface area contributed by atoms with E-state index in [1.807, 2.05) is 70.1 Å². The molecule has 0 unspecified atom stereocenters. The average molecular weight is 1300 g/mol. The molecule has 0 atom stereocenters. The molecule has 5 aliphatic heterocycles. The normalized spacial score (nSPS) is 16.5. The van der Waals surface area contributed by atoms with Gasteiger partial charge in [-0.05, 0) is 139 Å². The predicted octanol–water partition coefficient (Wildman–Crippen LogP) is 13.8. The standard InChI is InChI=1S/C15H16F2N2O.C15H14F2N2O.C15H17FN2O.C14H17N3O.C14H15N3O/c2*1-9(20)19-4-2-10(3-5-19)12-8-18-14-7-11(16)6-13(17)15(12)14;1-10(19)18-6-4-11(5-7-18)14-9-17-15-8-12(16)2-3-13(14)15;2*1-10(18)17-6-3-11(4-7-17)13-8-16-14-9-15-5-2-12(13)14/h6-8,10,18H,2-5H2,1H3;2,6-8,18H,3-5H2,1H3;2-3,8-9,11,17H,4-7H2,1H3;2,5,8-9,11,16H,3-4,6-7H2,1H3;2-3,5,8-9,16H,4,6-7H2,1H3. The van der Waals surface area contributed by atoms with Crippen LogP contribution in [0.25, 0.3) is 65.7 Å². The number of hydrogen-bond acceptors (Lipinski definition) is 7. The van der Waals surface area contributed by atoms with Crippen LogP contribution < -0.4 is 0 Å². The number of benzene rings is 3. The number of carbonyl (C=O) groups is 5. The summed E-state index contributed by atoms with van der Waals surface area (Å²) in [6.45, 7) is 15.4. The second kappa shape index (κ2) is 29.6. The van der Waals surface area contributed by atoms with E-state index in [-0.39, 0.29) is 41.3 Å². The summed E-state index contributed by atoms with van der Waals surface area (Å²) in [4.78, 5) is 89.5. The second-order valence-corrected chi connectivity index (χ2v) is 25.0. The van der Waals surface area contributed by atoms with Gasteiger partial charge in [0, 0.05) is 199 Å². The Morgan fingerprint density at radius 2 is 0.768 bits per heavy atom. The molecule has 0 radical (unpaired) electrons. The molecule has 7 aromatic heterocycles. The number of hydrogen-bond donors (Lipinski definition) is 5. The number of halogens is 5. The van der Waals surface area contributed by atoms with E-state index < -0.39 is 23.3 Å². The largest absolute Gasteiger partial charge is 0.361 e. The van der Waals surface area contributed by atoms with Crippen molar-refractivity contribution in [3.8, 4) is 0 Å². The molecule has 0 saturated carbocycles. The summed E-state index contributed by atoms with van der Waals surface area (Å²) in [6.07, 6.45) is 28.2. The van der Waals surface area contributed by atoms with Crippen LogP contribution in [0.2, 0.25) is 0 Å². The molecule has 496 valence electrons. The van der Waals surface area contributed by atoms with Crippen molar-refractivity contribution in [1.29, 1.82) is 0 Å². The van der Waals surface area contributed by atoms with Crippen molar-refractivity contribution in [3.63, 3.8) is 0 Å². The third-order valence-electron chi connectivity index (χ3n) is 19.2. The minimum atomic E-state index is -0.594. The van der Waals surface area contributed by atoms with E-state index in [1.165, 1.54) is 64.2 Å². The molecule has 22 heteroatoms. The fourth-order valence-electron chi connectivity index (χ4n) is 13.9. The minimum absolute atomic E-state index is 0.0347. The molecule has 5 amide bonds. The molecular formula is C73H79F5N12O5. The van der Waals surface area contributed by atoms with Crippen LogP contribution in [0.4, 0.5) is 22.0 Å². The van der Waals surface area contributed by atoms with E-state index in [2.05, 4.69) is 53.2 Å².